The number of hydrogen-bond acceptors (Lipinski definition) is 4. The Morgan fingerprint density at radius 3 is 0.714 bits per heavy atom. The van der Waals surface area contributed by atoms with Crippen molar-refractivity contribution >= 4 is 7.82 Å². The van der Waals surface area contributed by atoms with E-state index in [-0.39, 0.29) is 0 Å². The van der Waals surface area contributed by atoms with Crippen molar-refractivity contribution in [2.24, 2.45) is 0 Å². The molecule has 35 heavy (non-hydrogen) atoms. The lowest BCUT2D eigenvalue weighted by Gasteiger charge is -2.19. The maximum atomic E-state index is 13.1. The average Bonchev–Trinajstić information content (AvgIpc) is 2.97. The van der Waals surface area contributed by atoms with Crippen LogP contribution in [-0.4, -0.2) is 0 Å². The van der Waals surface area contributed by atoms with Crippen molar-refractivity contribution < 1.29 is 18.1 Å². The Morgan fingerprint density at radius 2 is 0.543 bits per heavy atom. The third-order valence-electron chi connectivity index (χ3n) is 2.88. The van der Waals surface area contributed by atoms with Crippen LogP contribution in [0.2, 0.25) is 0 Å². The predicted molar refractivity (Wildman–Crippen MR) is 157 cm³/mol. The van der Waals surface area contributed by atoms with Crippen molar-refractivity contribution in [2.75, 3.05) is 0 Å². The normalized spacial score (nSPS) is 8.11. The fraction of sp³-hybridized carbons (Fsp3) is 0.400. The van der Waals surface area contributed by atoms with E-state index < -0.39 is 7.82 Å². The summed E-state index contributed by atoms with van der Waals surface area (Å²) in [6.45, 7) is 24.0. The molecule has 0 aliphatic rings. The number of hydrogen-bond donors (Lipinski definition) is 0. The van der Waals surface area contributed by atoms with Gasteiger partial charge in [0.1, 0.15) is 17.2 Å². The third kappa shape index (κ3) is 20.4. The van der Waals surface area contributed by atoms with E-state index >= 15 is 0 Å². The van der Waals surface area contributed by atoms with Gasteiger partial charge in [-0.3, -0.25) is 0 Å². The maximum Gasteiger partial charge on any atom is 0.647 e. The first-order valence-corrected chi connectivity index (χ1v) is 14.5. The van der Waals surface area contributed by atoms with E-state index in [4.69, 9.17) is 13.6 Å². The lowest BCUT2D eigenvalue weighted by Crippen LogP contribution is -2.07. The zero-order valence-electron chi connectivity index (χ0n) is 24.2. The summed E-state index contributed by atoms with van der Waals surface area (Å²) in [7, 11) is -3.89. The van der Waals surface area contributed by atoms with Gasteiger partial charge in [0, 0.05) is 0 Å². The van der Waals surface area contributed by atoms with E-state index in [9.17, 15) is 4.57 Å². The Hall–Kier alpha value is -2.71. The molecule has 0 radical (unpaired) electrons. The third-order valence-corrected chi connectivity index (χ3v) is 4.18. The summed E-state index contributed by atoms with van der Waals surface area (Å²) in [5.74, 6) is 1.22. The van der Waals surface area contributed by atoms with Crippen molar-refractivity contribution in [1.82, 2.24) is 0 Å². The summed E-state index contributed by atoms with van der Waals surface area (Å²) in [4.78, 5) is 0. The molecule has 0 aliphatic heterocycles. The molecule has 0 unspecified atom stereocenters. The summed E-state index contributed by atoms with van der Waals surface area (Å²) < 4.78 is 29.6. The molecule has 3 rings (SSSR count). The molecule has 5 heteroatoms. The van der Waals surface area contributed by atoms with Crippen molar-refractivity contribution in [3.63, 3.8) is 0 Å². The standard InChI is InChI=1S/C18H15O4P.6C2H6/c19-23(20-16-10-4-1-5-11-16,21-17-12-6-2-7-13-17)22-18-14-8-3-9-15-18;6*1-2/h1-15H;6*1-2H3. The Kier molecular flexibility index (Phi) is 35.3. The van der Waals surface area contributed by atoms with E-state index in [0.29, 0.717) is 17.2 Å². The Bertz CT molecular complexity index is 671. The Labute approximate surface area is 217 Å². The molecule has 0 saturated carbocycles. The second-order valence-corrected chi connectivity index (χ2v) is 6.10. The first-order chi connectivity index (χ1) is 17.2. The fourth-order valence-corrected chi connectivity index (χ4v) is 3.14. The van der Waals surface area contributed by atoms with E-state index in [1.54, 1.807) is 72.8 Å². The smallest absolute Gasteiger partial charge is 0.386 e. The highest BCUT2D eigenvalue weighted by atomic mass is 31.2. The van der Waals surface area contributed by atoms with Crippen LogP contribution in [0.25, 0.3) is 0 Å². The van der Waals surface area contributed by atoms with Crippen LogP contribution in [0, 0.1) is 0 Å². The van der Waals surface area contributed by atoms with Crippen LogP contribution in [-0.2, 0) is 4.57 Å². The summed E-state index contributed by atoms with van der Waals surface area (Å²) in [6, 6.07) is 26.4. The first-order valence-electron chi connectivity index (χ1n) is 13.1. The Balaban J connectivity index is -0.000000351. The minimum absolute atomic E-state index is 0.405. The molecule has 0 heterocycles. The second kappa shape index (κ2) is 31.3. The summed E-state index contributed by atoms with van der Waals surface area (Å²) >= 11 is 0. The molecule has 4 nitrogen and oxygen atoms in total. The minimum atomic E-state index is -3.89. The van der Waals surface area contributed by atoms with Crippen LogP contribution in [0.5, 0.6) is 17.2 Å². The maximum absolute atomic E-state index is 13.1. The van der Waals surface area contributed by atoms with Crippen LogP contribution in [0.1, 0.15) is 83.1 Å². The van der Waals surface area contributed by atoms with Crippen LogP contribution >= 0.6 is 7.82 Å². The minimum Gasteiger partial charge on any atom is -0.386 e. The summed E-state index contributed by atoms with van der Waals surface area (Å²) in [5, 5.41) is 0. The first kappa shape index (κ1) is 39.5. The van der Waals surface area contributed by atoms with Gasteiger partial charge in [0.2, 0.25) is 0 Å². The van der Waals surface area contributed by atoms with E-state index in [1.165, 1.54) is 0 Å². The topological polar surface area (TPSA) is 44.8 Å². The van der Waals surface area contributed by atoms with E-state index in [1.807, 2.05) is 101 Å². The molecular weight excluding hydrogens is 455 g/mol. The molecule has 0 bridgehead atoms. The number of benzene rings is 3. The highest BCUT2D eigenvalue weighted by Crippen LogP contribution is 2.49. The largest absolute Gasteiger partial charge is 0.647 e. The number of phosphoric ester groups is 1. The monoisotopic (exact) mass is 506 g/mol. The van der Waals surface area contributed by atoms with Gasteiger partial charge in [0.05, 0.1) is 0 Å². The van der Waals surface area contributed by atoms with Gasteiger partial charge in [-0.15, -0.1) is 0 Å². The molecule has 0 fully saturated rings. The fourth-order valence-electron chi connectivity index (χ4n) is 1.89. The molecule has 0 saturated heterocycles. The average molecular weight is 507 g/mol. The zero-order valence-corrected chi connectivity index (χ0v) is 25.1. The van der Waals surface area contributed by atoms with Gasteiger partial charge >= 0.3 is 7.82 Å². The highest BCUT2D eigenvalue weighted by Gasteiger charge is 2.33. The molecule has 200 valence electrons. The van der Waals surface area contributed by atoms with Gasteiger partial charge in [-0.2, -0.15) is 4.57 Å². The lowest BCUT2D eigenvalue weighted by atomic mass is 10.3. The van der Waals surface area contributed by atoms with Crippen molar-refractivity contribution in [2.45, 2.75) is 83.1 Å². The molecule has 3 aromatic rings. The van der Waals surface area contributed by atoms with Gasteiger partial charge in [0.25, 0.3) is 0 Å². The number of phosphoric acid groups is 1. The number of rotatable bonds is 6. The zero-order chi connectivity index (χ0) is 28.0. The van der Waals surface area contributed by atoms with E-state index in [0.717, 1.165) is 0 Å². The molecule has 0 aliphatic carbocycles. The van der Waals surface area contributed by atoms with Crippen molar-refractivity contribution in [3.8, 4) is 17.2 Å². The van der Waals surface area contributed by atoms with Crippen LogP contribution < -0.4 is 13.6 Å². The second-order valence-electron chi connectivity index (χ2n) is 4.66. The molecule has 0 spiro atoms. The molecule has 0 amide bonds. The molecular formula is C30H51O4P. The molecule has 0 aromatic heterocycles. The molecule has 0 atom stereocenters. The number of para-hydroxylation sites is 3. The van der Waals surface area contributed by atoms with Gasteiger partial charge in [-0.25, -0.2) is 0 Å². The van der Waals surface area contributed by atoms with Crippen LogP contribution in [0.3, 0.4) is 0 Å². The molecule has 0 N–H and O–H groups in total. The lowest BCUT2D eigenvalue weighted by molar-refractivity contribution is 0.298. The van der Waals surface area contributed by atoms with E-state index in [2.05, 4.69) is 0 Å². The van der Waals surface area contributed by atoms with Gasteiger partial charge < -0.3 is 13.6 Å². The summed E-state index contributed by atoms with van der Waals surface area (Å²) in [5.41, 5.74) is 0. The predicted octanol–water partition coefficient (Wildman–Crippen LogP) is 11.5. The van der Waals surface area contributed by atoms with Crippen LogP contribution in [0.4, 0.5) is 0 Å². The van der Waals surface area contributed by atoms with Gasteiger partial charge in [0.15, 0.2) is 0 Å². The quantitative estimate of drug-likeness (QED) is 0.312. The summed E-state index contributed by atoms with van der Waals surface area (Å²) in [6.07, 6.45) is 0. The van der Waals surface area contributed by atoms with Crippen LogP contribution in [0.15, 0.2) is 91.0 Å². The van der Waals surface area contributed by atoms with Gasteiger partial charge in [-0.1, -0.05) is 138 Å². The SMILES string of the molecule is CC.CC.CC.CC.CC.CC.O=P(Oc1ccccc1)(Oc1ccccc1)Oc1ccccc1. The van der Waals surface area contributed by atoms with Crippen molar-refractivity contribution in [1.29, 1.82) is 0 Å². The van der Waals surface area contributed by atoms with Crippen molar-refractivity contribution in [3.05, 3.63) is 91.0 Å². The molecule has 3 aromatic carbocycles. The van der Waals surface area contributed by atoms with Gasteiger partial charge in [-0.05, 0) is 36.4 Å². The highest BCUT2D eigenvalue weighted by molar-refractivity contribution is 7.49. The Morgan fingerprint density at radius 1 is 0.371 bits per heavy atom.